The second kappa shape index (κ2) is 10.1. The minimum absolute atomic E-state index is 0.267. The molecule has 2 aromatic heterocycles. The van der Waals surface area contributed by atoms with Crippen molar-refractivity contribution in [2.45, 2.75) is 0 Å². The second-order valence-electron chi connectivity index (χ2n) is 7.84. The van der Waals surface area contributed by atoms with E-state index in [2.05, 4.69) is 30.1 Å². The van der Waals surface area contributed by atoms with Gasteiger partial charge in [0, 0.05) is 43.3 Å². The van der Waals surface area contributed by atoms with Gasteiger partial charge in [0.15, 0.2) is 11.5 Å². The average molecular weight is 481 g/mol. The van der Waals surface area contributed by atoms with Crippen molar-refractivity contribution in [1.82, 2.24) is 25.2 Å². The van der Waals surface area contributed by atoms with E-state index in [4.69, 9.17) is 20.9 Å². The first-order valence-corrected chi connectivity index (χ1v) is 11.3. The van der Waals surface area contributed by atoms with Crippen LogP contribution in [0.25, 0.3) is 23.0 Å². The number of piperazine rings is 1. The van der Waals surface area contributed by atoms with Crippen molar-refractivity contribution < 1.29 is 13.7 Å². The van der Waals surface area contributed by atoms with Crippen molar-refractivity contribution in [3.8, 4) is 28.7 Å². The topological polar surface area (TPSA) is 80.4 Å². The van der Waals surface area contributed by atoms with Crippen LogP contribution in [0.3, 0.4) is 0 Å². The Balaban J connectivity index is 1.12. The Morgan fingerprint density at radius 2 is 1.68 bits per heavy atom. The summed E-state index contributed by atoms with van der Waals surface area (Å²) in [6.45, 7) is 5.01. The van der Waals surface area contributed by atoms with E-state index in [1.807, 2.05) is 36.4 Å². The van der Waals surface area contributed by atoms with Crippen molar-refractivity contribution in [2.24, 2.45) is 0 Å². The van der Waals surface area contributed by atoms with Gasteiger partial charge in [0.05, 0.1) is 0 Å². The molecule has 0 spiro atoms. The molecule has 2 aromatic carbocycles. The summed E-state index contributed by atoms with van der Waals surface area (Å²) in [5, 5.41) is 13.3. The summed E-state index contributed by atoms with van der Waals surface area (Å²) in [5.74, 6) is 1.95. The fourth-order valence-corrected chi connectivity index (χ4v) is 3.80. The molecule has 0 unspecified atom stereocenters. The molecule has 3 heterocycles. The summed E-state index contributed by atoms with van der Waals surface area (Å²) < 4.78 is 24.2. The number of halogens is 2. The number of benzene rings is 2. The van der Waals surface area contributed by atoms with Gasteiger partial charge in [-0.15, -0.1) is 10.2 Å². The number of rotatable bonds is 7. The van der Waals surface area contributed by atoms with Gasteiger partial charge in [0.2, 0.25) is 5.82 Å². The van der Waals surface area contributed by atoms with Crippen LogP contribution in [0, 0.1) is 5.82 Å². The third-order valence-corrected chi connectivity index (χ3v) is 5.84. The van der Waals surface area contributed by atoms with E-state index < -0.39 is 0 Å². The van der Waals surface area contributed by atoms with Gasteiger partial charge in [0.1, 0.15) is 18.2 Å². The molecule has 0 saturated carbocycles. The largest absolute Gasteiger partial charge is 0.492 e. The van der Waals surface area contributed by atoms with E-state index in [9.17, 15) is 4.39 Å². The maximum atomic E-state index is 13.1. The van der Waals surface area contributed by atoms with Gasteiger partial charge in [-0.3, -0.25) is 4.90 Å². The van der Waals surface area contributed by atoms with Crippen LogP contribution in [-0.2, 0) is 0 Å². The monoisotopic (exact) mass is 480 g/mol. The summed E-state index contributed by atoms with van der Waals surface area (Å²) in [6.07, 6.45) is 0. The zero-order valence-electron chi connectivity index (χ0n) is 18.3. The molecule has 0 N–H and O–H groups in total. The normalized spacial score (nSPS) is 14.4. The lowest BCUT2D eigenvalue weighted by molar-refractivity contribution is 0.200. The SMILES string of the molecule is Fc1ccc(-c2noc(-c3ccc(N4CCN(CCOc5ccc(Cl)cc5)CC4)nn3)n2)cc1. The lowest BCUT2D eigenvalue weighted by Crippen LogP contribution is -2.47. The lowest BCUT2D eigenvalue weighted by Gasteiger charge is -2.35. The van der Waals surface area contributed by atoms with E-state index in [-0.39, 0.29) is 11.7 Å². The Hall–Kier alpha value is -3.56. The van der Waals surface area contributed by atoms with Gasteiger partial charge in [-0.25, -0.2) is 4.39 Å². The highest BCUT2D eigenvalue weighted by Crippen LogP contribution is 2.22. The van der Waals surface area contributed by atoms with Gasteiger partial charge in [-0.1, -0.05) is 16.8 Å². The molecule has 174 valence electrons. The van der Waals surface area contributed by atoms with Gasteiger partial charge in [-0.2, -0.15) is 4.98 Å². The van der Waals surface area contributed by atoms with Crippen LogP contribution >= 0.6 is 11.6 Å². The van der Waals surface area contributed by atoms with Gasteiger partial charge in [0.25, 0.3) is 5.89 Å². The molecule has 1 fully saturated rings. The first kappa shape index (κ1) is 22.2. The molecule has 34 heavy (non-hydrogen) atoms. The van der Waals surface area contributed by atoms with Crippen LogP contribution in [-0.4, -0.2) is 64.6 Å². The predicted molar refractivity (Wildman–Crippen MR) is 126 cm³/mol. The number of hydrogen-bond acceptors (Lipinski definition) is 8. The fraction of sp³-hybridized carbons (Fsp3) is 0.250. The predicted octanol–water partition coefficient (Wildman–Crippen LogP) is 4.19. The van der Waals surface area contributed by atoms with Crippen LogP contribution in [0.15, 0.2) is 65.2 Å². The Kier molecular flexibility index (Phi) is 6.64. The van der Waals surface area contributed by atoms with Crippen LogP contribution in [0.1, 0.15) is 0 Å². The summed E-state index contributed by atoms with van der Waals surface area (Å²) in [4.78, 5) is 8.91. The number of aromatic nitrogens is 4. The molecular weight excluding hydrogens is 459 g/mol. The van der Waals surface area contributed by atoms with E-state index in [1.165, 1.54) is 12.1 Å². The standard InChI is InChI=1S/C24H22ClFN6O2/c25-18-3-7-20(8-4-18)33-16-15-31-11-13-32(14-12-31)22-10-9-21(28-29-22)24-27-23(30-34-24)17-1-5-19(26)6-2-17/h1-10H,11-16H2. The third kappa shape index (κ3) is 5.32. The summed E-state index contributed by atoms with van der Waals surface area (Å²) in [6, 6.07) is 17.0. The van der Waals surface area contributed by atoms with Crippen molar-refractivity contribution in [2.75, 3.05) is 44.2 Å². The first-order valence-electron chi connectivity index (χ1n) is 10.9. The molecule has 8 nitrogen and oxygen atoms in total. The molecule has 0 radical (unpaired) electrons. The molecule has 0 bridgehead atoms. The van der Waals surface area contributed by atoms with Crippen molar-refractivity contribution in [3.63, 3.8) is 0 Å². The van der Waals surface area contributed by atoms with Crippen molar-refractivity contribution in [1.29, 1.82) is 0 Å². The van der Waals surface area contributed by atoms with Gasteiger partial charge < -0.3 is 14.2 Å². The molecule has 0 atom stereocenters. The molecule has 4 aromatic rings. The van der Waals surface area contributed by atoms with Gasteiger partial charge in [-0.05, 0) is 60.7 Å². The molecular formula is C24H22ClFN6O2. The lowest BCUT2D eigenvalue weighted by atomic mass is 10.2. The summed E-state index contributed by atoms with van der Waals surface area (Å²) >= 11 is 5.90. The molecule has 0 amide bonds. The number of hydrogen-bond donors (Lipinski definition) is 0. The Morgan fingerprint density at radius 3 is 2.38 bits per heavy atom. The van der Waals surface area contributed by atoms with Crippen molar-refractivity contribution >= 4 is 17.4 Å². The quantitative estimate of drug-likeness (QED) is 0.389. The van der Waals surface area contributed by atoms with Crippen molar-refractivity contribution in [3.05, 3.63) is 71.5 Å². The van der Waals surface area contributed by atoms with E-state index in [1.54, 1.807) is 12.1 Å². The van der Waals surface area contributed by atoms with Crippen LogP contribution in [0.4, 0.5) is 10.2 Å². The minimum atomic E-state index is -0.318. The highest BCUT2D eigenvalue weighted by Gasteiger charge is 2.19. The number of anilines is 1. The molecule has 1 aliphatic heterocycles. The molecule has 1 aliphatic rings. The third-order valence-electron chi connectivity index (χ3n) is 5.58. The Bertz CT molecular complexity index is 1210. The molecule has 10 heteroatoms. The fourth-order valence-electron chi connectivity index (χ4n) is 3.68. The second-order valence-corrected chi connectivity index (χ2v) is 8.27. The Morgan fingerprint density at radius 1 is 0.912 bits per heavy atom. The molecule has 0 aliphatic carbocycles. The summed E-state index contributed by atoms with van der Waals surface area (Å²) in [5.41, 5.74) is 1.15. The van der Waals surface area contributed by atoms with E-state index in [0.29, 0.717) is 28.7 Å². The molecule has 5 rings (SSSR count). The van der Waals surface area contributed by atoms with E-state index in [0.717, 1.165) is 44.3 Å². The molecule has 1 saturated heterocycles. The maximum Gasteiger partial charge on any atom is 0.278 e. The zero-order valence-corrected chi connectivity index (χ0v) is 19.0. The Labute approximate surface area is 200 Å². The summed E-state index contributed by atoms with van der Waals surface area (Å²) in [7, 11) is 0. The van der Waals surface area contributed by atoms with E-state index >= 15 is 0 Å². The number of nitrogens with zero attached hydrogens (tertiary/aromatic N) is 6. The zero-order chi connectivity index (χ0) is 23.3. The van der Waals surface area contributed by atoms with Crippen LogP contribution in [0.2, 0.25) is 5.02 Å². The van der Waals surface area contributed by atoms with Gasteiger partial charge >= 0.3 is 0 Å². The maximum absolute atomic E-state index is 13.1. The number of ether oxygens (including phenoxy) is 1. The smallest absolute Gasteiger partial charge is 0.278 e. The highest BCUT2D eigenvalue weighted by molar-refractivity contribution is 6.30. The van der Waals surface area contributed by atoms with Crippen LogP contribution < -0.4 is 9.64 Å². The first-order chi connectivity index (χ1) is 16.6. The van der Waals surface area contributed by atoms with Crippen LogP contribution in [0.5, 0.6) is 5.75 Å². The average Bonchev–Trinajstić information content (AvgIpc) is 3.37. The highest BCUT2D eigenvalue weighted by atomic mass is 35.5. The minimum Gasteiger partial charge on any atom is -0.492 e.